The van der Waals surface area contributed by atoms with Crippen molar-refractivity contribution in [3.05, 3.63) is 35.2 Å². The van der Waals surface area contributed by atoms with Gasteiger partial charge in [0.05, 0.1) is 12.6 Å². The number of hydrogen-bond donors (Lipinski definition) is 0. The van der Waals surface area contributed by atoms with Crippen LogP contribution in [-0.4, -0.2) is 46.3 Å². The maximum atomic E-state index is 13.4. The van der Waals surface area contributed by atoms with Crippen LogP contribution in [0.1, 0.15) is 71.6 Å². The molecule has 28 heavy (non-hydrogen) atoms. The maximum Gasteiger partial charge on any atom is 0.355 e. The Bertz CT molecular complexity index is 772. The first-order valence-electron chi connectivity index (χ1n) is 10.0. The van der Waals surface area contributed by atoms with E-state index in [9.17, 15) is 14.4 Å². The topological polar surface area (TPSA) is 68.6 Å². The molecule has 1 saturated carbocycles. The Morgan fingerprint density at radius 2 is 1.89 bits per heavy atom. The van der Waals surface area contributed by atoms with Gasteiger partial charge in [-0.3, -0.25) is 9.59 Å². The summed E-state index contributed by atoms with van der Waals surface area (Å²) in [5, 5.41) is 0. The average Bonchev–Trinajstić information content (AvgIpc) is 3.26. The van der Waals surface area contributed by atoms with Crippen molar-refractivity contribution in [2.45, 2.75) is 59.4 Å². The zero-order valence-electron chi connectivity index (χ0n) is 17.7. The molecule has 6 heteroatoms. The number of nitrogens with zero attached hydrogens (tertiary/aromatic N) is 2. The molecule has 0 N–H and O–H groups in total. The molecule has 6 nitrogen and oxygen atoms in total. The fraction of sp³-hybridized carbons (Fsp3) is 0.591. The summed E-state index contributed by atoms with van der Waals surface area (Å²) in [6.45, 7) is 11.4. The average molecular weight is 389 g/mol. The lowest BCUT2D eigenvalue weighted by Crippen LogP contribution is -2.46. The lowest BCUT2D eigenvalue weighted by molar-refractivity contribution is -0.136. The summed E-state index contributed by atoms with van der Waals surface area (Å²) in [4.78, 5) is 40.3. The maximum absolute atomic E-state index is 13.4. The van der Waals surface area contributed by atoms with E-state index in [1.165, 1.54) is 0 Å². The molecular weight excluding hydrogens is 356 g/mol. The van der Waals surface area contributed by atoms with Crippen LogP contribution in [0.5, 0.6) is 0 Å². The van der Waals surface area contributed by atoms with Gasteiger partial charge in [-0.25, -0.2) is 4.79 Å². The summed E-state index contributed by atoms with van der Waals surface area (Å²) in [5.41, 5.74) is 2.17. The van der Waals surface area contributed by atoms with Gasteiger partial charge in [-0.05, 0) is 46.1 Å². The minimum Gasteiger partial charge on any atom is -0.461 e. The number of ether oxygens (including phenoxy) is 1. The summed E-state index contributed by atoms with van der Waals surface area (Å²) >= 11 is 0. The molecule has 1 unspecified atom stereocenters. The molecule has 1 amide bonds. The SMILES string of the molecule is C=CCN(C(=O)C1CCCC1)C(C)C(=O)c1c(C)c(C(=O)OCC)n(C)c1C. The molecule has 1 aromatic heterocycles. The van der Waals surface area contributed by atoms with Crippen molar-refractivity contribution in [3.8, 4) is 0 Å². The predicted octanol–water partition coefficient (Wildman–Crippen LogP) is 3.59. The highest BCUT2D eigenvalue weighted by Gasteiger charge is 2.35. The second-order valence-electron chi connectivity index (χ2n) is 7.51. The number of Topliss-reactive ketones (excluding diaryl/α,β-unsaturated/α-hetero) is 1. The van der Waals surface area contributed by atoms with E-state index in [-0.39, 0.29) is 24.2 Å². The Hall–Kier alpha value is -2.37. The number of ketones is 1. The van der Waals surface area contributed by atoms with E-state index in [0.29, 0.717) is 29.1 Å². The van der Waals surface area contributed by atoms with Crippen LogP contribution in [0.4, 0.5) is 0 Å². The zero-order valence-corrected chi connectivity index (χ0v) is 17.7. The second-order valence-corrected chi connectivity index (χ2v) is 7.51. The minimum absolute atomic E-state index is 0.0109. The molecule has 1 aliphatic carbocycles. The quantitative estimate of drug-likeness (QED) is 0.388. The molecule has 154 valence electrons. The Balaban J connectivity index is 2.37. The van der Waals surface area contributed by atoms with Crippen molar-refractivity contribution in [1.29, 1.82) is 0 Å². The lowest BCUT2D eigenvalue weighted by atomic mass is 9.98. The number of amides is 1. The van der Waals surface area contributed by atoms with Gasteiger partial charge in [-0.2, -0.15) is 0 Å². The summed E-state index contributed by atoms with van der Waals surface area (Å²) in [5.74, 6) is -0.588. The normalized spacial score (nSPS) is 15.3. The lowest BCUT2D eigenvalue weighted by Gasteiger charge is -2.30. The fourth-order valence-electron chi connectivity index (χ4n) is 4.17. The highest BCUT2D eigenvalue weighted by atomic mass is 16.5. The second kappa shape index (κ2) is 9.22. The predicted molar refractivity (Wildman–Crippen MR) is 109 cm³/mol. The molecule has 0 aliphatic heterocycles. The molecule has 0 aromatic carbocycles. The van der Waals surface area contributed by atoms with Crippen molar-refractivity contribution in [1.82, 2.24) is 9.47 Å². The zero-order chi connectivity index (χ0) is 21.0. The Kier molecular flexibility index (Phi) is 7.22. The Labute approximate surface area is 167 Å². The van der Waals surface area contributed by atoms with Crippen molar-refractivity contribution in [3.63, 3.8) is 0 Å². The van der Waals surface area contributed by atoms with Gasteiger partial charge in [0.2, 0.25) is 5.91 Å². The number of esters is 1. The van der Waals surface area contributed by atoms with E-state index in [2.05, 4.69) is 6.58 Å². The molecule has 0 radical (unpaired) electrons. The van der Waals surface area contributed by atoms with E-state index in [1.807, 2.05) is 6.92 Å². The van der Waals surface area contributed by atoms with Crippen LogP contribution in [0.2, 0.25) is 0 Å². The third-order valence-corrected chi connectivity index (χ3v) is 5.81. The molecule has 0 bridgehead atoms. The van der Waals surface area contributed by atoms with Crippen LogP contribution < -0.4 is 0 Å². The van der Waals surface area contributed by atoms with Crippen LogP contribution >= 0.6 is 0 Å². The van der Waals surface area contributed by atoms with Gasteiger partial charge in [-0.15, -0.1) is 6.58 Å². The van der Waals surface area contributed by atoms with Crippen LogP contribution in [0.15, 0.2) is 12.7 Å². The minimum atomic E-state index is -0.624. The van der Waals surface area contributed by atoms with Crippen molar-refractivity contribution < 1.29 is 19.1 Å². The molecular formula is C22H32N2O4. The first-order chi connectivity index (χ1) is 13.3. The largest absolute Gasteiger partial charge is 0.461 e. The fourth-order valence-corrected chi connectivity index (χ4v) is 4.17. The molecule has 1 heterocycles. The van der Waals surface area contributed by atoms with Crippen LogP contribution in [0.25, 0.3) is 0 Å². The standard InChI is InChI=1S/C22H32N2O4/c1-7-13-24(21(26)17-11-9-10-12-17)16(5)20(25)18-14(3)19(22(27)28-8-2)23(6)15(18)4/h7,16-17H,1,8-13H2,2-6H3. The molecule has 1 aromatic rings. The Morgan fingerprint density at radius 3 is 2.43 bits per heavy atom. The molecule has 1 aliphatic rings. The summed E-state index contributed by atoms with van der Waals surface area (Å²) in [6.07, 6.45) is 5.53. The van der Waals surface area contributed by atoms with Gasteiger partial charge in [-0.1, -0.05) is 18.9 Å². The van der Waals surface area contributed by atoms with Gasteiger partial charge in [0.15, 0.2) is 5.78 Å². The molecule has 0 saturated heterocycles. The third kappa shape index (κ3) is 4.05. The van der Waals surface area contributed by atoms with Crippen LogP contribution in [0, 0.1) is 19.8 Å². The Morgan fingerprint density at radius 1 is 1.29 bits per heavy atom. The van der Waals surface area contributed by atoms with E-state index in [0.717, 1.165) is 25.7 Å². The van der Waals surface area contributed by atoms with Gasteiger partial charge in [0.25, 0.3) is 0 Å². The summed E-state index contributed by atoms with van der Waals surface area (Å²) < 4.78 is 6.84. The third-order valence-electron chi connectivity index (χ3n) is 5.81. The molecule has 1 atom stereocenters. The monoisotopic (exact) mass is 388 g/mol. The number of carbonyl (C=O) groups is 3. The first-order valence-corrected chi connectivity index (χ1v) is 10.0. The summed E-state index contributed by atoms with van der Waals surface area (Å²) in [6, 6.07) is -0.624. The van der Waals surface area contributed by atoms with E-state index < -0.39 is 12.0 Å². The van der Waals surface area contributed by atoms with Crippen molar-refractivity contribution in [2.75, 3.05) is 13.2 Å². The van der Waals surface area contributed by atoms with Gasteiger partial charge in [0.1, 0.15) is 5.69 Å². The van der Waals surface area contributed by atoms with Crippen LogP contribution in [0.3, 0.4) is 0 Å². The van der Waals surface area contributed by atoms with Crippen molar-refractivity contribution >= 4 is 17.7 Å². The number of aromatic nitrogens is 1. The van der Waals surface area contributed by atoms with Gasteiger partial charge in [0, 0.05) is 30.8 Å². The highest BCUT2D eigenvalue weighted by molar-refractivity contribution is 6.06. The smallest absolute Gasteiger partial charge is 0.355 e. The van der Waals surface area contributed by atoms with Gasteiger partial charge < -0.3 is 14.2 Å². The summed E-state index contributed by atoms with van der Waals surface area (Å²) in [7, 11) is 1.75. The van der Waals surface area contributed by atoms with Crippen LogP contribution in [-0.2, 0) is 16.6 Å². The molecule has 2 rings (SSSR count). The van der Waals surface area contributed by atoms with Crippen molar-refractivity contribution in [2.24, 2.45) is 13.0 Å². The number of carbonyl (C=O) groups excluding carboxylic acids is 3. The molecule has 0 spiro atoms. The van der Waals surface area contributed by atoms with Gasteiger partial charge >= 0.3 is 5.97 Å². The number of rotatable bonds is 8. The number of hydrogen-bond acceptors (Lipinski definition) is 4. The van der Waals surface area contributed by atoms with E-state index in [1.54, 1.807) is 43.4 Å². The van der Waals surface area contributed by atoms with E-state index in [4.69, 9.17) is 4.74 Å². The van der Waals surface area contributed by atoms with E-state index >= 15 is 0 Å². The highest BCUT2D eigenvalue weighted by Crippen LogP contribution is 2.29. The molecule has 1 fully saturated rings. The first kappa shape index (κ1) is 21.9.